The average molecular weight is 258 g/mol. The van der Waals surface area contributed by atoms with Crippen LogP contribution < -0.4 is 0 Å². The second kappa shape index (κ2) is 8.92. The molecule has 0 aromatic carbocycles. The van der Waals surface area contributed by atoms with E-state index in [1.807, 2.05) is 6.92 Å². The third kappa shape index (κ3) is 9.90. The van der Waals surface area contributed by atoms with E-state index in [0.717, 1.165) is 44.9 Å². The SMILES string of the molecule is CC(O)CCCCCC(O)CCC(C)C(C)(C)C. The van der Waals surface area contributed by atoms with E-state index in [-0.39, 0.29) is 12.2 Å². The molecule has 0 fully saturated rings. The molecule has 0 rings (SSSR count). The summed E-state index contributed by atoms with van der Waals surface area (Å²) in [5, 5.41) is 19.1. The zero-order valence-corrected chi connectivity index (χ0v) is 13.1. The number of aliphatic hydroxyl groups excluding tert-OH is 2. The summed E-state index contributed by atoms with van der Waals surface area (Å²) in [6.07, 6.45) is 6.79. The lowest BCUT2D eigenvalue weighted by Crippen LogP contribution is -2.19. The molecule has 2 nitrogen and oxygen atoms in total. The van der Waals surface area contributed by atoms with E-state index < -0.39 is 0 Å². The lowest BCUT2D eigenvalue weighted by atomic mass is 9.79. The van der Waals surface area contributed by atoms with Gasteiger partial charge in [-0.25, -0.2) is 0 Å². The topological polar surface area (TPSA) is 40.5 Å². The van der Waals surface area contributed by atoms with E-state index in [0.29, 0.717) is 11.3 Å². The van der Waals surface area contributed by atoms with Gasteiger partial charge in [0.05, 0.1) is 12.2 Å². The molecule has 18 heavy (non-hydrogen) atoms. The second-order valence-electron chi connectivity index (χ2n) is 6.99. The number of hydrogen-bond donors (Lipinski definition) is 2. The Balaban J connectivity index is 3.51. The van der Waals surface area contributed by atoms with E-state index in [9.17, 15) is 5.11 Å². The van der Waals surface area contributed by atoms with Gasteiger partial charge in [0.1, 0.15) is 0 Å². The molecule has 3 unspecified atom stereocenters. The minimum atomic E-state index is -0.178. The first-order valence-corrected chi connectivity index (χ1v) is 7.59. The first kappa shape index (κ1) is 17.9. The average Bonchev–Trinajstić information content (AvgIpc) is 2.23. The second-order valence-corrected chi connectivity index (χ2v) is 6.99. The van der Waals surface area contributed by atoms with Crippen LogP contribution in [0.1, 0.15) is 79.6 Å². The summed E-state index contributed by atoms with van der Waals surface area (Å²) in [7, 11) is 0. The largest absolute Gasteiger partial charge is 0.393 e. The number of aliphatic hydroxyl groups is 2. The highest BCUT2D eigenvalue weighted by Gasteiger charge is 2.20. The Morgan fingerprint density at radius 2 is 1.33 bits per heavy atom. The fourth-order valence-corrected chi connectivity index (χ4v) is 2.02. The molecule has 0 heterocycles. The molecule has 110 valence electrons. The Kier molecular flexibility index (Phi) is 8.89. The van der Waals surface area contributed by atoms with Crippen molar-refractivity contribution in [3.8, 4) is 0 Å². The molecule has 0 aromatic heterocycles. The van der Waals surface area contributed by atoms with Crippen LogP contribution in [0.3, 0.4) is 0 Å². The summed E-state index contributed by atoms with van der Waals surface area (Å²) in [4.78, 5) is 0. The summed E-state index contributed by atoms with van der Waals surface area (Å²) < 4.78 is 0. The van der Waals surface area contributed by atoms with Crippen LogP contribution in [-0.4, -0.2) is 22.4 Å². The van der Waals surface area contributed by atoms with E-state index >= 15 is 0 Å². The molecule has 0 aliphatic rings. The van der Waals surface area contributed by atoms with Crippen LogP contribution in [0.4, 0.5) is 0 Å². The molecule has 0 spiro atoms. The van der Waals surface area contributed by atoms with Crippen molar-refractivity contribution in [1.29, 1.82) is 0 Å². The van der Waals surface area contributed by atoms with Crippen molar-refractivity contribution in [3.63, 3.8) is 0 Å². The summed E-state index contributed by atoms with van der Waals surface area (Å²) in [6.45, 7) is 10.9. The van der Waals surface area contributed by atoms with E-state index in [4.69, 9.17) is 5.11 Å². The number of unbranched alkanes of at least 4 members (excludes halogenated alkanes) is 2. The minimum absolute atomic E-state index is 0.138. The number of rotatable bonds is 9. The van der Waals surface area contributed by atoms with Gasteiger partial charge in [-0.05, 0) is 43.9 Å². The molecule has 3 atom stereocenters. The quantitative estimate of drug-likeness (QED) is 0.610. The van der Waals surface area contributed by atoms with Gasteiger partial charge in [0.2, 0.25) is 0 Å². The predicted molar refractivity (Wildman–Crippen MR) is 78.6 cm³/mol. The van der Waals surface area contributed by atoms with Gasteiger partial charge in [0.25, 0.3) is 0 Å². The third-order valence-corrected chi connectivity index (χ3v) is 4.07. The zero-order valence-electron chi connectivity index (χ0n) is 13.1. The van der Waals surface area contributed by atoms with Gasteiger partial charge in [0.15, 0.2) is 0 Å². The van der Waals surface area contributed by atoms with Gasteiger partial charge in [-0.2, -0.15) is 0 Å². The Morgan fingerprint density at radius 1 is 0.778 bits per heavy atom. The highest BCUT2D eigenvalue weighted by atomic mass is 16.3. The molecular weight excluding hydrogens is 224 g/mol. The molecule has 2 heteroatoms. The van der Waals surface area contributed by atoms with Crippen molar-refractivity contribution in [2.75, 3.05) is 0 Å². The molecule has 0 saturated carbocycles. The van der Waals surface area contributed by atoms with E-state index in [1.165, 1.54) is 0 Å². The Labute approximate surface area is 114 Å². The van der Waals surface area contributed by atoms with Crippen LogP contribution in [0.25, 0.3) is 0 Å². The molecule has 0 aromatic rings. The van der Waals surface area contributed by atoms with Crippen LogP contribution >= 0.6 is 0 Å². The zero-order chi connectivity index (χ0) is 14.2. The normalized spacial score (nSPS) is 17.5. The third-order valence-electron chi connectivity index (χ3n) is 4.07. The van der Waals surface area contributed by atoms with Crippen LogP contribution in [0.5, 0.6) is 0 Å². The summed E-state index contributed by atoms with van der Waals surface area (Å²) in [5.74, 6) is 0.655. The molecule has 2 N–H and O–H groups in total. The van der Waals surface area contributed by atoms with Gasteiger partial charge < -0.3 is 10.2 Å². The van der Waals surface area contributed by atoms with Crippen molar-refractivity contribution in [2.24, 2.45) is 11.3 Å². The first-order chi connectivity index (χ1) is 8.23. The fourth-order valence-electron chi connectivity index (χ4n) is 2.02. The van der Waals surface area contributed by atoms with Crippen molar-refractivity contribution in [3.05, 3.63) is 0 Å². The Hall–Kier alpha value is -0.0800. The number of hydrogen-bond acceptors (Lipinski definition) is 2. The van der Waals surface area contributed by atoms with E-state index in [2.05, 4.69) is 27.7 Å². The highest BCUT2D eigenvalue weighted by molar-refractivity contribution is 4.71. The lowest BCUT2D eigenvalue weighted by molar-refractivity contribution is 0.127. The molecule has 0 aliphatic heterocycles. The first-order valence-electron chi connectivity index (χ1n) is 7.59. The van der Waals surface area contributed by atoms with Crippen LogP contribution in [0.2, 0.25) is 0 Å². The molecule has 0 aliphatic carbocycles. The standard InChI is InChI=1S/C16H34O2/c1-13(16(3,4)5)11-12-15(18)10-8-6-7-9-14(2)17/h13-15,17-18H,6-12H2,1-5H3. The smallest absolute Gasteiger partial charge is 0.0540 e. The summed E-state index contributed by atoms with van der Waals surface area (Å²) in [6, 6.07) is 0. The van der Waals surface area contributed by atoms with Crippen molar-refractivity contribution in [1.82, 2.24) is 0 Å². The molecular formula is C16H34O2. The maximum absolute atomic E-state index is 9.92. The Bertz CT molecular complexity index is 194. The lowest BCUT2D eigenvalue weighted by Gasteiger charge is -2.28. The van der Waals surface area contributed by atoms with Crippen LogP contribution in [0.15, 0.2) is 0 Å². The molecule has 0 radical (unpaired) electrons. The van der Waals surface area contributed by atoms with Gasteiger partial charge in [0, 0.05) is 0 Å². The van der Waals surface area contributed by atoms with Crippen molar-refractivity contribution in [2.45, 2.75) is 91.8 Å². The van der Waals surface area contributed by atoms with Gasteiger partial charge in [-0.3, -0.25) is 0 Å². The van der Waals surface area contributed by atoms with Crippen LogP contribution in [0, 0.1) is 11.3 Å². The molecule has 0 bridgehead atoms. The molecule has 0 amide bonds. The van der Waals surface area contributed by atoms with Gasteiger partial charge in [-0.15, -0.1) is 0 Å². The monoisotopic (exact) mass is 258 g/mol. The Morgan fingerprint density at radius 3 is 1.83 bits per heavy atom. The van der Waals surface area contributed by atoms with Gasteiger partial charge in [-0.1, -0.05) is 47.0 Å². The van der Waals surface area contributed by atoms with Crippen molar-refractivity contribution < 1.29 is 10.2 Å². The van der Waals surface area contributed by atoms with Crippen molar-refractivity contribution >= 4 is 0 Å². The summed E-state index contributed by atoms with van der Waals surface area (Å²) >= 11 is 0. The fraction of sp³-hybridized carbons (Fsp3) is 1.00. The maximum atomic E-state index is 9.92. The maximum Gasteiger partial charge on any atom is 0.0540 e. The van der Waals surface area contributed by atoms with Gasteiger partial charge >= 0.3 is 0 Å². The summed E-state index contributed by atoms with van der Waals surface area (Å²) in [5.41, 5.74) is 0.344. The van der Waals surface area contributed by atoms with Crippen LogP contribution in [-0.2, 0) is 0 Å². The minimum Gasteiger partial charge on any atom is -0.393 e. The predicted octanol–water partition coefficient (Wildman–Crippen LogP) is 4.14. The molecule has 0 saturated heterocycles. The highest BCUT2D eigenvalue weighted by Crippen LogP contribution is 2.29. The van der Waals surface area contributed by atoms with E-state index in [1.54, 1.807) is 0 Å².